The minimum absolute atomic E-state index is 0.0725. The number of thiocarbonyl (C=S) groups is 1. The lowest BCUT2D eigenvalue weighted by Gasteiger charge is -2.33. The second-order valence-electron chi connectivity index (χ2n) is 4.94. The summed E-state index contributed by atoms with van der Waals surface area (Å²) in [6.07, 6.45) is 0.581. The van der Waals surface area contributed by atoms with Crippen LogP contribution in [0.4, 0.5) is 4.79 Å². The van der Waals surface area contributed by atoms with E-state index < -0.39 is 0 Å². The van der Waals surface area contributed by atoms with Gasteiger partial charge in [-0.1, -0.05) is 26.1 Å². The van der Waals surface area contributed by atoms with Crippen LogP contribution in [0.1, 0.15) is 20.3 Å². The Hall–Kier alpha value is -0.880. The molecule has 0 spiro atoms. The summed E-state index contributed by atoms with van der Waals surface area (Å²) >= 11 is 4.88. The molecular formula is C12H23N3O2S. The number of morpholine rings is 1. The highest BCUT2D eigenvalue weighted by Crippen LogP contribution is 2.07. The molecule has 1 saturated heterocycles. The third-order valence-corrected chi connectivity index (χ3v) is 2.97. The first kappa shape index (κ1) is 15.2. The molecule has 0 bridgehead atoms. The first-order valence-corrected chi connectivity index (χ1v) is 6.81. The number of amides is 2. The molecule has 0 unspecified atom stereocenters. The molecule has 5 nitrogen and oxygen atoms in total. The molecule has 1 heterocycles. The minimum Gasteiger partial charge on any atom is -0.393 e. The average molecular weight is 273 g/mol. The van der Waals surface area contributed by atoms with E-state index in [1.165, 1.54) is 0 Å². The summed E-state index contributed by atoms with van der Waals surface area (Å²) in [6, 6.07) is 0.0725. The molecule has 0 saturated carbocycles. The lowest BCUT2D eigenvalue weighted by molar-refractivity contribution is 0.0426. The molecule has 1 fully saturated rings. The van der Waals surface area contributed by atoms with E-state index in [0.717, 1.165) is 6.54 Å². The largest absolute Gasteiger partial charge is 0.393 e. The van der Waals surface area contributed by atoms with Gasteiger partial charge in [0.15, 0.2) is 0 Å². The van der Waals surface area contributed by atoms with Crippen LogP contribution in [0.5, 0.6) is 0 Å². The van der Waals surface area contributed by atoms with Gasteiger partial charge >= 0.3 is 6.03 Å². The van der Waals surface area contributed by atoms with Crippen LogP contribution in [0.3, 0.4) is 0 Å². The summed E-state index contributed by atoms with van der Waals surface area (Å²) in [7, 11) is 0. The van der Waals surface area contributed by atoms with Gasteiger partial charge in [-0.25, -0.2) is 4.79 Å². The Labute approximate surface area is 114 Å². The number of carbonyl (C=O) groups is 1. The van der Waals surface area contributed by atoms with Crippen LogP contribution in [0.25, 0.3) is 0 Å². The van der Waals surface area contributed by atoms with Crippen molar-refractivity contribution >= 4 is 23.2 Å². The van der Waals surface area contributed by atoms with Gasteiger partial charge in [0.1, 0.15) is 0 Å². The van der Waals surface area contributed by atoms with Crippen LogP contribution in [0.2, 0.25) is 0 Å². The smallest absolute Gasteiger partial charge is 0.320 e. The van der Waals surface area contributed by atoms with Gasteiger partial charge in [-0.2, -0.15) is 0 Å². The van der Waals surface area contributed by atoms with Gasteiger partial charge < -0.3 is 20.3 Å². The van der Waals surface area contributed by atoms with E-state index in [2.05, 4.69) is 13.8 Å². The van der Waals surface area contributed by atoms with Gasteiger partial charge in [0, 0.05) is 32.6 Å². The van der Waals surface area contributed by atoms with Crippen LogP contribution in [0.15, 0.2) is 0 Å². The molecule has 2 amide bonds. The van der Waals surface area contributed by atoms with Crippen molar-refractivity contribution in [2.24, 2.45) is 11.7 Å². The number of hydrogen-bond donors (Lipinski definition) is 1. The van der Waals surface area contributed by atoms with Gasteiger partial charge in [0.2, 0.25) is 0 Å². The van der Waals surface area contributed by atoms with Crippen LogP contribution >= 0.6 is 12.2 Å². The molecule has 2 N–H and O–H groups in total. The fourth-order valence-corrected chi connectivity index (χ4v) is 2.00. The molecule has 0 aromatic heterocycles. The Morgan fingerprint density at radius 3 is 2.56 bits per heavy atom. The topological polar surface area (TPSA) is 58.8 Å². The Balaban J connectivity index is 2.55. The van der Waals surface area contributed by atoms with Gasteiger partial charge in [-0.05, 0) is 5.92 Å². The molecule has 0 radical (unpaired) electrons. The van der Waals surface area contributed by atoms with Crippen LogP contribution in [-0.2, 0) is 4.74 Å². The average Bonchev–Trinajstić information content (AvgIpc) is 2.34. The number of ether oxygens (including phenoxy) is 1. The Kier molecular flexibility index (Phi) is 6.35. The molecule has 0 aliphatic carbocycles. The zero-order valence-electron chi connectivity index (χ0n) is 11.2. The van der Waals surface area contributed by atoms with Crippen LogP contribution in [0, 0.1) is 5.92 Å². The van der Waals surface area contributed by atoms with Crippen molar-refractivity contribution in [3.05, 3.63) is 0 Å². The highest BCUT2D eigenvalue weighted by Gasteiger charge is 2.23. The van der Waals surface area contributed by atoms with Crippen molar-refractivity contribution in [1.82, 2.24) is 9.80 Å². The van der Waals surface area contributed by atoms with E-state index in [1.807, 2.05) is 9.80 Å². The van der Waals surface area contributed by atoms with Crippen molar-refractivity contribution in [2.75, 3.05) is 39.4 Å². The monoisotopic (exact) mass is 273 g/mol. The van der Waals surface area contributed by atoms with Gasteiger partial charge in [-0.3, -0.25) is 0 Å². The molecule has 0 aromatic carbocycles. The van der Waals surface area contributed by atoms with E-state index >= 15 is 0 Å². The van der Waals surface area contributed by atoms with Gasteiger partial charge in [0.05, 0.1) is 18.2 Å². The predicted molar refractivity (Wildman–Crippen MR) is 75.6 cm³/mol. The van der Waals surface area contributed by atoms with E-state index in [4.69, 9.17) is 22.7 Å². The van der Waals surface area contributed by atoms with Crippen molar-refractivity contribution in [2.45, 2.75) is 20.3 Å². The summed E-state index contributed by atoms with van der Waals surface area (Å²) in [6.45, 7) is 8.11. The summed E-state index contributed by atoms with van der Waals surface area (Å²) in [4.78, 5) is 16.5. The molecule has 0 aromatic rings. The summed E-state index contributed by atoms with van der Waals surface area (Å²) in [5.74, 6) is 0.432. The molecule has 18 heavy (non-hydrogen) atoms. The second-order valence-corrected chi connectivity index (χ2v) is 5.46. The molecule has 1 aliphatic rings. The maximum Gasteiger partial charge on any atom is 0.320 e. The third-order valence-electron chi connectivity index (χ3n) is 2.77. The first-order valence-electron chi connectivity index (χ1n) is 6.40. The van der Waals surface area contributed by atoms with E-state index in [9.17, 15) is 4.79 Å². The van der Waals surface area contributed by atoms with Gasteiger partial charge in [0.25, 0.3) is 0 Å². The number of urea groups is 1. The molecule has 1 aliphatic heterocycles. The lowest BCUT2D eigenvalue weighted by atomic mass is 10.2. The fraction of sp³-hybridized carbons (Fsp3) is 0.833. The highest BCUT2D eigenvalue weighted by molar-refractivity contribution is 7.80. The zero-order chi connectivity index (χ0) is 13.5. The Bertz CT molecular complexity index is 291. The minimum atomic E-state index is 0.0725. The van der Waals surface area contributed by atoms with Crippen molar-refractivity contribution in [3.63, 3.8) is 0 Å². The molecular weight excluding hydrogens is 250 g/mol. The van der Waals surface area contributed by atoms with Gasteiger partial charge in [-0.15, -0.1) is 0 Å². The van der Waals surface area contributed by atoms with Crippen LogP contribution in [-0.4, -0.2) is 60.2 Å². The summed E-state index contributed by atoms with van der Waals surface area (Å²) < 4.78 is 5.26. The van der Waals surface area contributed by atoms with Crippen molar-refractivity contribution < 1.29 is 9.53 Å². The van der Waals surface area contributed by atoms with Crippen molar-refractivity contribution in [3.8, 4) is 0 Å². The first-order chi connectivity index (χ1) is 8.50. The molecule has 6 heteroatoms. The van der Waals surface area contributed by atoms with Crippen molar-refractivity contribution in [1.29, 1.82) is 0 Å². The summed E-state index contributed by atoms with van der Waals surface area (Å²) in [5.41, 5.74) is 5.51. The zero-order valence-corrected chi connectivity index (χ0v) is 12.0. The maximum atomic E-state index is 12.4. The highest BCUT2D eigenvalue weighted by atomic mass is 32.1. The second kappa shape index (κ2) is 7.53. The SMILES string of the molecule is CC(C)CN(CCC(N)=S)C(=O)N1CCOCC1. The van der Waals surface area contributed by atoms with E-state index in [-0.39, 0.29) is 6.03 Å². The number of carbonyl (C=O) groups excluding carboxylic acids is 1. The fourth-order valence-electron chi connectivity index (χ4n) is 1.91. The summed E-state index contributed by atoms with van der Waals surface area (Å²) in [5, 5.41) is 0. The molecule has 0 atom stereocenters. The van der Waals surface area contributed by atoms with E-state index in [0.29, 0.717) is 50.2 Å². The normalized spacial score (nSPS) is 15.8. The maximum absolute atomic E-state index is 12.4. The third kappa shape index (κ3) is 5.18. The number of hydrogen-bond acceptors (Lipinski definition) is 3. The van der Waals surface area contributed by atoms with E-state index in [1.54, 1.807) is 0 Å². The Morgan fingerprint density at radius 2 is 2.06 bits per heavy atom. The number of nitrogens with zero attached hydrogens (tertiary/aromatic N) is 2. The number of nitrogens with two attached hydrogens (primary N) is 1. The quantitative estimate of drug-likeness (QED) is 0.761. The standard InChI is InChI=1S/C12H23N3O2S/c1-10(2)9-15(4-3-11(13)18)12(16)14-5-7-17-8-6-14/h10H,3-9H2,1-2H3,(H2,13,18). The van der Waals surface area contributed by atoms with Crippen LogP contribution < -0.4 is 5.73 Å². The molecule has 104 valence electrons. The predicted octanol–water partition coefficient (Wildman–Crippen LogP) is 1.07. The number of rotatable bonds is 5. The Morgan fingerprint density at radius 1 is 1.44 bits per heavy atom. The molecule has 1 rings (SSSR count). The lowest BCUT2D eigenvalue weighted by Crippen LogP contribution is -2.49.